The summed E-state index contributed by atoms with van der Waals surface area (Å²) < 4.78 is 6.50. The molecule has 35 heavy (non-hydrogen) atoms. The van der Waals surface area contributed by atoms with Crippen molar-refractivity contribution in [1.29, 1.82) is 0 Å². The molecular weight excluding hydrogens is 458 g/mol. The second-order valence-corrected chi connectivity index (χ2v) is 11.6. The number of ether oxygens (including phenoxy) is 1. The van der Waals surface area contributed by atoms with Crippen molar-refractivity contribution in [2.45, 2.75) is 64.6 Å². The molecule has 0 aromatic heterocycles. The van der Waals surface area contributed by atoms with Crippen LogP contribution in [0.4, 0.5) is 0 Å². The first-order chi connectivity index (χ1) is 16.3. The number of aliphatic hydroxyl groups is 1. The zero-order chi connectivity index (χ0) is 24.0. The molecule has 3 aliphatic rings. The van der Waals surface area contributed by atoms with Crippen LogP contribution in [0.5, 0.6) is 0 Å². The molecule has 2 bridgehead atoms. The summed E-state index contributed by atoms with van der Waals surface area (Å²) >= 11 is 0. The van der Waals surface area contributed by atoms with E-state index in [4.69, 9.17) is 4.74 Å². The third-order valence-electron chi connectivity index (χ3n) is 9.74. The lowest BCUT2D eigenvalue weighted by atomic mass is 9.70. The van der Waals surface area contributed by atoms with Gasteiger partial charge in [0.25, 0.3) is 0 Å². The molecule has 2 aromatic rings. The smallest absolute Gasteiger partial charge is 0.347 e. The van der Waals surface area contributed by atoms with Crippen LogP contribution in [0.3, 0.4) is 0 Å². The number of hydrogen-bond acceptors (Lipinski definition) is 4. The largest absolute Gasteiger partial charge is 0.459 e. The molecule has 0 amide bonds. The van der Waals surface area contributed by atoms with Gasteiger partial charge in [-0.2, -0.15) is 0 Å². The molecule has 2 aliphatic carbocycles. The lowest BCUT2D eigenvalue weighted by molar-refractivity contribution is -0.179. The topological polar surface area (TPSA) is 49.8 Å². The predicted octanol–water partition coefficient (Wildman–Crippen LogP) is 5.81. The normalized spacial score (nSPS) is 30.0. The summed E-state index contributed by atoms with van der Waals surface area (Å²) in [6.45, 7) is 10.3. The second-order valence-electron chi connectivity index (χ2n) is 11.6. The third-order valence-corrected chi connectivity index (χ3v) is 9.74. The molecule has 1 N–H and O–H groups in total. The van der Waals surface area contributed by atoms with Crippen LogP contribution in [-0.2, 0) is 15.1 Å². The quantitative estimate of drug-likeness (QED) is 0.511. The van der Waals surface area contributed by atoms with E-state index in [1.54, 1.807) is 0 Å². The van der Waals surface area contributed by atoms with Crippen LogP contribution in [0, 0.1) is 22.7 Å². The molecule has 4 atom stereocenters. The molecule has 4 nitrogen and oxygen atoms in total. The van der Waals surface area contributed by atoms with Crippen molar-refractivity contribution in [3.63, 3.8) is 0 Å². The number of carbonyl (C=O) groups is 1. The summed E-state index contributed by atoms with van der Waals surface area (Å²) in [4.78, 5) is 16.6. The number of benzene rings is 2. The molecule has 3 fully saturated rings. The Bertz CT molecular complexity index is 965. The molecule has 5 rings (SSSR count). The van der Waals surface area contributed by atoms with Crippen molar-refractivity contribution in [1.82, 2.24) is 4.90 Å². The van der Waals surface area contributed by atoms with E-state index in [0.29, 0.717) is 23.0 Å². The first-order valence-electron chi connectivity index (χ1n) is 13.1. The van der Waals surface area contributed by atoms with Gasteiger partial charge in [-0.1, -0.05) is 87.9 Å². The zero-order valence-electron chi connectivity index (χ0n) is 21.3. The summed E-state index contributed by atoms with van der Waals surface area (Å²) in [5.74, 6) is 0.272. The van der Waals surface area contributed by atoms with Crippen LogP contribution in [0.1, 0.15) is 64.0 Å². The van der Waals surface area contributed by atoms with E-state index in [0.717, 1.165) is 26.1 Å². The van der Waals surface area contributed by atoms with Gasteiger partial charge in [-0.15, -0.1) is 12.4 Å². The Hall–Kier alpha value is -1.88. The Kier molecular flexibility index (Phi) is 7.39. The fraction of sp³-hybridized carbons (Fsp3) is 0.567. The molecule has 190 valence electrons. The first kappa shape index (κ1) is 26.2. The second kappa shape index (κ2) is 9.88. The van der Waals surface area contributed by atoms with E-state index >= 15 is 0 Å². The molecule has 5 heteroatoms. The Morgan fingerprint density at radius 2 is 1.51 bits per heavy atom. The van der Waals surface area contributed by atoms with Crippen molar-refractivity contribution in [3.8, 4) is 0 Å². The van der Waals surface area contributed by atoms with E-state index in [-0.39, 0.29) is 29.3 Å². The number of likely N-dealkylation sites (tertiary alicyclic amines) is 1. The number of rotatable bonds is 6. The van der Waals surface area contributed by atoms with Crippen molar-refractivity contribution < 1.29 is 14.6 Å². The van der Waals surface area contributed by atoms with E-state index in [2.05, 4.69) is 25.7 Å². The highest BCUT2D eigenvalue weighted by molar-refractivity contribution is 5.86. The van der Waals surface area contributed by atoms with Gasteiger partial charge in [0, 0.05) is 17.9 Å². The molecule has 1 saturated heterocycles. The fourth-order valence-electron chi connectivity index (χ4n) is 7.35. The highest BCUT2D eigenvalue weighted by Crippen LogP contribution is 2.68. The van der Waals surface area contributed by atoms with Gasteiger partial charge >= 0.3 is 5.97 Å². The molecule has 2 saturated carbocycles. The maximum atomic E-state index is 14.0. The summed E-state index contributed by atoms with van der Waals surface area (Å²) in [5.41, 5.74) is -0.740. The number of fused-ring (bicyclic) bond motifs is 2. The Balaban J connectivity index is 0.00000289. The van der Waals surface area contributed by atoms with Crippen LogP contribution < -0.4 is 0 Å². The average molecular weight is 498 g/mol. The number of nitrogens with zero attached hydrogens (tertiary/aromatic N) is 1. The monoisotopic (exact) mass is 497 g/mol. The number of esters is 1. The van der Waals surface area contributed by atoms with Gasteiger partial charge < -0.3 is 14.7 Å². The first-order valence-corrected chi connectivity index (χ1v) is 13.1. The molecule has 0 radical (unpaired) electrons. The Morgan fingerprint density at radius 1 is 0.971 bits per heavy atom. The lowest BCUT2D eigenvalue weighted by Gasteiger charge is -2.42. The Morgan fingerprint density at radius 3 is 2.06 bits per heavy atom. The van der Waals surface area contributed by atoms with Gasteiger partial charge in [0.1, 0.15) is 6.10 Å². The molecule has 1 aliphatic heterocycles. The van der Waals surface area contributed by atoms with Gasteiger partial charge in [0.2, 0.25) is 5.60 Å². The molecule has 4 unspecified atom stereocenters. The number of hydrogen-bond donors (Lipinski definition) is 1. The van der Waals surface area contributed by atoms with E-state index in [9.17, 15) is 9.90 Å². The third kappa shape index (κ3) is 4.22. The summed E-state index contributed by atoms with van der Waals surface area (Å²) in [6, 6.07) is 18.5. The van der Waals surface area contributed by atoms with Crippen LogP contribution in [-0.4, -0.2) is 41.7 Å². The number of halogens is 1. The van der Waals surface area contributed by atoms with E-state index in [1.165, 1.54) is 25.7 Å². The van der Waals surface area contributed by atoms with Crippen molar-refractivity contribution >= 4 is 18.4 Å². The zero-order valence-corrected chi connectivity index (χ0v) is 22.1. The maximum Gasteiger partial charge on any atom is 0.347 e. The summed E-state index contributed by atoms with van der Waals surface area (Å²) in [5, 5.41) is 12.0. The minimum absolute atomic E-state index is 0. The van der Waals surface area contributed by atoms with Crippen LogP contribution >= 0.6 is 12.4 Å². The van der Waals surface area contributed by atoms with Gasteiger partial charge in [-0.25, -0.2) is 4.79 Å². The summed E-state index contributed by atoms with van der Waals surface area (Å²) in [6.07, 6.45) is 5.88. The predicted molar refractivity (Wildman–Crippen MR) is 141 cm³/mol. The highest BCUT2D eigenvalue weighted by atomic mass is 35.5. The Labute approximate surface area is 216 Å². The molecular formula is C30H40ClNO3. The number of piperidine rings is 1. The van der Waals surface area contributed by atoms with Crippen molar-refractivity contribution in [2.75, 3.05) is 19.6 Å². The minimum Gasteiger partial charge on any atom is -0.459 e. The van der Waals surface area contributed by atoms with Crippen molar-refractivity contribution in [3.05, 3.63) is 71.8 Å². The van der Waals surface area contributed by atoms with Crippen LogP contribution in [0.15, 0.2) is 60.7 Å². The molecule has 0 spiro atoms. The van der Waals surface area contributed by atoms with E-state index < -0.39 is 11.6 Å². The number of carbonyl (C=O) groups excluding carboxylic acids is 1. The van der Waals surface area contributed by atoms with Crippen molar-refractivity contribution in [2.24, 2.45) is 22.7 Å². The van der Waals surface area contributed by atoms with E-state index in [1.807, 2.05) is 60.7 Å². The standard InChI is InChI=1S/C30H39NO3.ClH/c1-28(2)25-17-18-29(28,3)26(24(25)21-31-19-11-6-12-20-31)34-27(32)30(33,22-13-7-4-8-14-22)23-15-9-5-10-16-23;/h4-5,7-10,13-16,24-26,33H,6,11-12,17-21H2,1-3H3;1H. The van der Waals surface area contributed by atoms with Gasteiger partial charge in [0.15, 0.2) is 0 Å². The SMILES string of the molecule is CC1(C)C2CCC1(C)C(OC(=O)C(O)(c1ccccc1)c1ccccc1)C2CN1CCCCC1.Cl. The molecule has 1 heterocycles. The van der Waals surface area contributed by atoms with Gasteiger partial charge in [-0.05, 0) is 61.2 Å². The van der Waals surface area contributed by atoms with Gasteiger partial charge in [-0.3, -0.25) is 0 Å². The molecule has 2 aromatic carbocycles. The van der Waals surface area contributed by atoms with Gasteiger partial charge in [0.05, 0.1) is 0 Å². The fourth-order valence-corrected chi connectivity index (χ4v) is 7.35. The minimum atomic E-state index is -1.83. The average Bonchev–Trinajstić information content (AvgIpc) is 3.18. The van der Waals surface area contributed by atoms with Crippen LogP contribution in [0.25, 0.3) is 0 Å². The lowest BCUT2D eigenvalue weighted by Crippen LogP contribution is -2.49. The summed E-state index contributed by atoms with van der Waals surface area (Å²) in [7, 11) is 0. The maximum absolute atomic E-state index is 14.0. The van der Waals surface area contributed by atoms with Crippen LogP contribution in [0.2, 0.25) is 0 Å². The highest BCUT2D eigenvalue weighted by Gasteiger charge is 2.68.